The predicted octanol–water partition coefficient (Wildman–Crippen LogP) is 4.26. The van der Waals surface area contributed by atoms with E-state index in [1.807, 2.05) is 31.2 Å². The second-order valence-electron chi connectivity index (χ2n) is 10.1. The number of nitrogens with one attached hydrogen (secondary N) is 1. The number of carboxylic acids is 1. The standard InChI is InChI=1S/C28H32N2O5/c1-2-28(26(32)33)12-7-13-30(17-28)25(31)23-14-18(23)15-29-27(34)35-16-24-21-10-5-3-8-19(21)20-9-4-6-11-22(20)24/h3-6,8-11,18,23-24H,2,7,12-17H2,1H3,(H,29,34)(H,32,33)/t18-,23-,28?/m1/s1. The van der Waals surface area contributed by atoms with E-state index in [2.05, 4.69) is 29.6 Å². The number of piperidine rings is 1. The monoisotopic (exact) mass is 476 g/mol. The van der Waals surface area contributed by atoms with Crippen molar-refractivity contribution in [3.63, 3.8) is 0 Å². The second-order valence-corrected chi connectivity index (χ2v) is 10.1. The summed E-state index contributed by atoms with van der Waals surface area (Å²) in [6.45, 7) is 3.41. The summed E-state index contributed by atoms with van der Waals surface area (Å²) in [5.74, 6) is -0.864. The minimum absolute atomic E-state index is 0.00979. The van der Waals surface area contributed by atoms with Crippen LogP contribution < -0.4 is 5.32 Å². The van der Waals surface area contributed by atoms with Gasteiger partial charge in [0, 0.05) is 31.5 Å². The molecule has 0 spiro atoms. The van der Waals surface area contributed by atoms with Crippen LogP contribution in [0, 0.1) is 17.3 Å². The second kappa shape index (κ2) is 9.36. The number of fused-ring (bicyclic) bond motifs is 3. The Morgan fingerprint density at radius 1 is 1.09 bits per heavy atom. The van der Waals surface area contributed by atoms with Crippen LogP contribution in [0.2, 0.25) is 0 Å². The zero-order valence-corrected chi connectivity index (χ0v) is 20.0. The van der Waals surface area contributed by atoms with E-state index in [1.165, 1.54) is 22.3 Å². The Bertz CT molecular complexity index is 1100. The van der Waals surface area contributed by atoms with E-state index in [9.17, 15) is 19.5 Å². The van der Waals surface area contributed by atoms with Crippen LogP contribution in [0.5, 0.6) is 0 Å². The van der Waals surface area contributed by atoms with Gasteiger partial charge in [0.2, 0.25) is 5.91 Å². The van der Waals surface area contributed by atoms with Gasteiger partial charge in [-0.05, 0) is 53.9 Å². The van der Waals surface area contributed by atoms with Gasteiger partial charge in [0.25, 0.3) is 0 Å². The molecule has 2 aromatic rings. The van der Waals surface area contributed by atoms with Gasteiger partial charge in [-0.2, -0.15) is 0 Å². The number of carboxylic acid groups (broad SMARTS) is 1. The highest BCUT2D eigenvalue weighted by molar-refractivity contribution is 5.84. The van der Waals surface area contributed by atoms with Gasteiger partial charge in [0.1, 0.15) is 6.61 Å². The maximum atomic E-state index is 13.0. The van der Waals surface area contributed by atoms with E-state index in [0.717, 1.165) is 0 Å². The third-order valence-corrected chi connectivity index (χ3v) is 8.11. The quantitative estimate of drug-likeness (QED) is 0.622. The molecule has 2 amide bonds. The number of hydrogen-bond donors (Lipinski definition) is 2. The lowest BCUT2D eigenvalue weighted by Gasteiger charge is -2.39. The molecule has 3 aliphatic rings. The van der Waals surface area contributed by atoms with Crippen molar-refractivity contribution in [3.8, 4) is 11.1 Å². The Balaban J connectivity index is 1.11. The van der Waals surface area contributed by atoms with Gasteiger partial charge in [0.15, 0.2) is 0 Å². The summed E-state index contributed by atoms with van der Waals surface area (Å²) in [7, 11) is 0. The Morgan fingerprint density at radius 3 is 2.37 bits per heavy atom. The van der Waals surface area contributed by atoms with E-state index in [0.29, 0.717) is 38.8 Å². The summed E-state index contributed by atoms with van der Waals surface area (Å²) in [6.07, 6.45) is 2.08. The van der Waals surface area contributed by atoms with Crippen LogP contribution in [-0.4, -0.2) is 54.2 Å². The van der Waals surface area contributed by atoms with Crippen molar-refractivity contribution in [2.24, 2.45) is 17.3 Å². The molecule has 2 fully saturated rings. The van der Waals surface area contributed by atoms with Gasteiger partial charge in [-0.25, -0.2) is 4.79 Å². The van der Waals surface area contributed by atoms with Crippen molar-refractivity contribution in [3.05, 3.63) is 59.7 Å². The lowest BCUT2D eigenvalue weighted by Crippen LogP contribution is -2.50. The average Bonchev–Trinajstić information content (AvgIpc) is 3.60. The Kier molecular flexibility index (Phi) is 6.26. The topological polar surface area (TPSA) is 95.9 Å². The SMILES string of the molecule is CCC1(C(=O)O)CCCN(C(=O)[C@@H]2C[C@@H]2CNC(=O)OCC2c3ccccc3-c3ccccc32)C1. The Labute approximate surface area is 205 Å². The maximum Gasteiger partial charge on any atom is 0.407 e. The zero-order chi connectivity index (χ0) is 24.6. The molecule has 1 aliphatic heterocycles. The van der Waals surface area contributed by atoms with E-state index < -0.39 is 17.5 Å². The molecule has 2 aromatic carbocycles. The normalized spacial score (nSPS) is 24.9. The first-order chi connectivity index (χ1) is 16.9. The molecule has 3 atom stereocenters. The van der Waals surface area contributed by atoms with Gasteiger partial charge in [0.05, 0.1) is 5.41 Å². The van der Waals surface area contributed by atoms with Crippen molar-refractivity contribution in [1.82, 2.24) is 10.2 Å². The molecule has 0 radical (unpaired) electrons. The molecular weight excluding hydrogens is 444 g/mol. The number of carbonyl (C=O) groups excluding carboxylic acids is 2. The van der Waals surface area contributed by atoms with Crippen LogP contribution in [0.3, 0.4) is 0 Å². The highest BCUT2D eigenvalue weighted by Crippen LogP contribution is 2.45. The molecule has 0 bridgehead atoms. The van der Waals surface area contributed by atoms with Crippen LogP contribution in [0.4, 0.5) is 4.79 Å². The number of ether oxygens (including phenoxy) is 1. The van der Waals surface area contributed by atoms with Gasteiger partial charge in [-0.15, -0.1) is 0 Å². The minimum Gasteiger partial charge on any atom is -0.481 e. The summed E-state index contributed by atoms with van der Waals surface area (Å²) >= 11 is 0. The van der Waals surface area contributed by atoms with E-state index in [1.54, 1.807) is 4.90 Å². The highest BCUT2D eigenvalue weighted by atomic mass is 16.5. The summed E-state index contributed by atoms with van der Waals surface area (Å²) in [5, 5.41) is 12.5. The van der Waals surface area contributed by atoms with Gasteiger partial charge >= 0.3 is 12.1 Å². The van der Waals surface area contributed by atoms with E-state index >= 15 is 0 Å². The third-order valence-electron chi connectivity index (χ3n) is 8.11. The molecule has 1 saturated heterocycles. The molecule has 5 rings (SSSR count). The Morgan fingerprint density at radius 2 is 1.74 bits per heavy atom. The number of benzene rings is 2. The summed E-state index contributed by atoms with van der Waals surface area (Å²) in [4.78, 5) is 38.9. The molecule has 2 aliphatic carbocycles. The Hall–Kier alpha value is -3.35. The lowest BCUT2D eigenvalue weighted by molar-refractivity contribution is -0.155. The number of rotatable bonds is 7. The van der Waals surface area contributed by atoms with Crippen LogP contribution in [0.15, 0.2) is 48.5 Å². The number of alkyl carbamates (subject to hydrolysis) is 1. The largest absolute Gasteiger partial charge is 0.481 e. The van der Waals surface area contributed by atoms with Crippen LogP contribution in [-0.2, 0) is 14.3 Å². The highest BCUT2D eigenvalue weighted by Gasteiger charge is 2.48. The average molecular weight is 477 g/mol. The molecule has 1 unspecified atom stereocenters. The molecule has 7 nitrogen and oxygen atoms in total. The predicted molar refractivity (Wildman–Crippen MR) is 131 cm³/mol. The summed E-state index contributed by atoms with van der Waals surface area (Å²) in [5.41, 5.74) is 3.87. The lowest BCUT2D eigenvalue weighted by atomic mass is 9.77. The first kappa shape index (κ1) is 23.4. The van der Waals surface area contributed by atoms with E-state index in [-0.39, 0.29) is 36.8 Å². The van der Waals surface area contributed by atoms with Gasteiger partial charge < -0.3 is 20.1 Å². The van der Waals surface area contributed by atoms with Gasteiger partial charge in [-0.3, -0.25) is 9.59 Å². The minimum atomic E-state index is -0.835. The molecule has 7 heteroatoms. The van der Waals surface area contributed by atoms with Crippen LogP contribution in [0.1, 0.15) is 49.7 Å². The van der Waals surface area contributed by atoms with Crippen LogP contribution in [0.25, 0.3) is 11.1 Å². The number of nitrogens with zero attached hydrogens (tertiary/aromatic N) is 1. The number of amides is 2. The first-order valence-electron chi connectivity index (χ1n) is 12.5. The maximum absolute atomic E-state index is 13.0. The van der Waals surface area contributed by atoms with Crippen LogP contribution >= 0.6 is 0 Å². The smallest absolute Gasteiger partial charge is 0.407 e. The first-order valence-corrected chi connectivity index (χ1v) is 12.5. The van der Waals surface area contributed by atoms with Crippen molar-refractivity contribution < 1.29 is 24.2 Å². The molecule has 0 aromatic heterocycles. The fraction of sp³-hybridized carbons (Fsp3) is 0.464. The molecule has 1 saturated carbocycles. The van der Waals surface area contributed by atoms with E-state index in [4.69, 9.17) is 4.74 Å². The van der Waals surface area contributed by atoms with Crippen molar-refractivity contribution in [1.29, 1.82) is 0 Å². The summed E-state index contributed by atoms with van der Waals surface area (Å²) < 4.78 is 5.59. The van der Waals surface area contributed by atoms with Gasteiger partial charge in [-0.1, -0.05) is 55.5 Å². The number of likely N-dealkylation sites (tertiary alicyclic amines) is 1. The number of aliphatic carboxylic acids is 1. The zero-order valence-electron chi connectivity index (χ0n) is 20.0. The number of carbonyl (C=O) groups is 3. The fourth-order valence-corrected chi connectivity index (χ4v) is 5.81. The number of hydrogen-bond acceptors (Lipinski definition) is 4. The van der Waals surface area contributed by atoms with Crippen molar-refractivity contribution >= 4 is 18.0 Å². The summed E-state index contributed by atoms with van der Waals surface area (Å²) in [6, 6.07) is 16.4. The fourth-order valence-electron chi connectivity index (χ4n) is 5.81. The molecular formula is C28H32N2O5. The molecule has 35 heavy (non-hydrogen) atoms. The molecule has 1 heterocycles. The van der Waals surface area contributed by atoms with Crippen molar-refractivity contribution in [2.45, 2.75) is 38.5 Å². The third kappa shape index (κ3) is 4.40. The molecule has 2 N–H and O–H groups in total. The molecule has 184 valence electrons. The van der Waals surface area contributed by atoms with Crippen molar-refractivity contribution in [2.75, 3.05) is 26.2 Å².